The second-order valence-corrected chi connectivity index (χ2v) is 5.60. The summed E-state index contributed by atoms with van der Waals surface area (Å²) in [6.07, 6.45) is 0. The maximum atomic E-state index is 11.8. The normalized spacial score (nSPS) is 13.6. The molecule has 1 aromatic rings. The predicted octanol–water partition coefficient (Wildman–Crippen LogP) is -0.623. The van der Waals surface area contributed by atoms with Crippen LogP contribution in [0.5, 0.6) is 0 Å². The Morgan fingerprint density at radius 3 is 2.50 bits per heavy atom. The van der Waals surface area contributed by atoms with Crippen molar-refractivity contribution < 1.29 is 32.1 Å². The molecule has 0 atom stereocenters. The molecule has 0 saturated carbocycles. The third-order valence-electron chi connectivity index (χ3n) is 2.83. The molecule has 1 aromatic carbocycles. The van der Waals surface area contributed by atoms with Crippen LogP contribution in [0.3, 0.4) is 0 Å². The molecule has 0 bridgehead atoms. The Kier molecular flexibility index (Phi) is 5.88. The fourth-order valence-electron chi connectivity index (χ4n) is 1.93. The van der Waals surface area contributed by atoms with Crippen molar-refractivity contribution >= 4 is 63.0 Å². The molecule has 1 heterocycles. The minimum absolute atomic E-state index is 0. The quantitative estimate of drug-likeness (QED) is 0.336. The van der Waals surface area contributed by atoms with Gasteiger partial charge in [-0.05, 0) is 25.1 Å². The van der Waals surface area contributed by atoms with E-state index >= 15 is 0 Å². The molecule has 1 amide bonds. The van der Waals surface area contributed by atoms with E-state index < -0.39 is 39.2 Å². The zero-order valence-electron chi connectivity index (χ0n) is 10.9. The molecular formula is C12H12NNaO7S. The van der Waals surface area contributed by atoms with Crippen LogP contribution in [0.4, 0.5) is 5.69 Å². The molecule has 0 spiro atoms. The van der Waals surface area contributed by atoms with Crippen LogP contribution in [0.15, 0.2) is 23.1 Å². The van der Waals surface area contributed by atoms with Gasteiger partial charge in [0.1, 0.15) is 6.54 Å². The Balaban J connectivity index is 0.00000242. The second kappa shape index (κ2) is 6.88. The van der Waals surface area contributed by atoms with Crippen molar-refractivity contribution in [2.75, 3.05) is 18.1 Å². The molecule has 1 aliphatic heterocycles. The first-order chi connectivity index (χ1) is 9.75. The zero-order valence-corrected chi connectivity index (χ0v) is 11.7. The first-order valence-corrected chi connectivity index (χ1v) is 7.33. The van der Waals surface area contributed by atoms with Gasteiger partial charge in [0, 0.05) is 0 Å². The van der Waals surface area contributed by atoms with Crippen LogP contribution in [-0.4, -0.2) is 73.3 Å². The molecule has 0 fully saturated rings. The summed E-state index contributed by atoms with van der Waals surface area (Å²) in [7, 11) is -4.49. The zero-order chi connectivity index (χ0) is 15.8. The summed E-state index contributed by atoms with van der Waals surface area (Å²) in [5.74, 6) is -2.59. The molecule has 2 rings (SSSR count). The number of hydrogen-bond donors (Lipinski definition) is 1. The van der Waals surface area contributed by atoms with Gasteiger partial charge in [0.25, 0.3) is 21.8 Å². The van der Waals surface area contributed by atoms with E-state index in [0.29, 0.717) is 0 Å². The SMILES string of the molecule is CCOC(=O)CN1C(=O)C(=O)c2cc(S(=O)(=O)O)ccc21.[NaH]. The Morgan fingerprint density at radius 2 is 1.95 bits per heavy atom. The molecular weight excluding hydrogens is 325 g/mol. The van der Waals surface area contributed by atoms with E-state index in [0.717, 1.165) is 17.0 Å². The predicted molar refractivity (Wildman–Crippen MR) is 76.7 cm³/mol. The first-order valence-electron chi connectivity index (χ1n) is 5.89. The Morgan fingerprint density at radius 1 is 1.32 bits per heavy atom. The maximum absolute atomic E-state index is 11.8. The van der Waals surface area contributed by atoms with Gasteiger partial charge < -0.3 is 4.74 Å². The standard InChI is InChI=1S/C12H11NO7S.Na.H/c1-2-20-10(14)6-13-9-4-3-7(21(17,18)19)5-8(9)11(15)12(13)16;;/h3-5H,2,6H2,1H3,(H,17,18,19);;. The molecule has 0 unspecified atom stereocenters. The average molecular weight is 337 g/mol. The van der Waals surface area contributed by atoms with E-state index in [4.69, 9.17) is 9.29 Å². The number of rotatable bonds is 4. The molecule has 0 aromatic heterocycles. The summed E-state index contributed by atoms with van der Waals surface area (Å²) in [4.78, 5) is 35.5. The number of amides is 1. The number of hydrogen-bond acceptors (Lipinski definition) is 6. The summed E-state index contributed by atoms with van der Waals surface area (Å²) >= 11 is 0. The van der Waals surface area contributed by atoms with Crippen molar-refractivity contribution in [1.82, 2.24) is 0 Å². The number of anilines is 1. The third kappa shape index (κ3) is 3.55. The van der Waals surface area contributed by atoms with Crippen LogP contribution in [0.1, 0.15) is 17.3 Å². The molecule has 0 radical (unpaired) electrons. The van der Waals surface area contributed by atoms with Crippen LogP contribution >= 0.6 is 0 Å². The Bertz CT molecular complexity index is 744. The van der Waals surface area contributed by atoms with Gasteiger partial charge in [-0.1, -0.05) is 0 Å². The van der Waals surface area contributed by atoms with Crippen molar-refractivity contribution in [2.45, 2.75) is 11.8 Å². The van der Waals surface area contributed by atoms with Gasteiger partial charge >= 0.3 is 35.5 Å². The number of benzene rings is 1. The fourth-order valence-corrected chi connectivity index (χ4v) is 2.44. The summed E-state index contributed by atoms with van der Waals surface area (Å²) in [6, 6.07) is 3.12. The molecule has 22 heavy (non-hydrogen) atoms. The fraction of sp³-hybridized carbons (Fsp3) is 0.250. The van der Waals surface area contributed by atoms with E-state index in [2.05, 4.69) is 0 Å². The van der Waals surface area contributed by atoms with E-state index in [1.54, 1.807) is 6.92 Å². The minimum atomic E-state index is -4.49. The number of carbonyl (C=O) groups excluding carboxylic acids is 3. The average Bonchev–Trinajstić information content (AvgIpc) is 2.63. The van der Waals surface area contributed by atoms with Crippen LogP contribution < -0.4 is 4.90 Å². The van der Waals surface area contributed by atoms with E-state index in [1.165, 1.54) is 6.07 Å². The van der Waals surface area contributed by atoms with E-state index in [-0.39, 0.29) is 47.4 Å². The molecule has 114 valence electrons. The van der Waals surface area contributed by atoms with Gasteiger partial charge in [-0.2, -0.15) is 8.42 Å². The van der Waals surface area contributed by atoms with E-state index in [1.807, 2.05) is 0 Å². The number of fused-ring (bicyclic) bond motifs is 1. The van der Waals surface area contributed by atoms with E-state index in [9.17, 15) is 22.8 Å². The molecule has 10 heteroatoms. The Labute approximate surface area is 148 Å². The molecule has 0 saturated heterocycles. The van der Waals surface area contributed by atoms with Gasteiger partial charge in [-0.15, -0.1) is 0 Å². The third-order valence-corrected chi connectivity index (χ3v) is 3.68. The van der Waals surface area contributed by atoms with Gasteiger partial charge in [-0.25, -0.2) is 0 Å². The van der Waals surface area contributed by atoms with Crippen LogP contribution in [-0.2, 0) is 24.4 Å². The summed E-state index contributed by atoms with van der Waals surface area (Å²) in [5.41, 5.74) is -0.0788. The number of Topliss-reactive ketones (excluding diaryl/α,β-unsaturated/α-hetero) is 1. The number of esters is 1. The molecule has 1 aliphatic rings. The van der Waals surface area contributed by atoms with Crippen LogP contribution in [0.25, 0.3) is 0 Å². The number of ketones is 1. The van der Waals surface area contributed by atoms with Gasteiger partial charge in [-0.3, -0.25) is 23.8 Å². The summed E-state index contributed by atoms with van der Waals surface area (Å²) in [5, 5.41) is 0. The molecule has 0 aliphatic carbocycles. The number of nitrogens with zero attached hydrogens (tertiary/aromatic N) is 1. The molecule has 1 N–H and O–H groups in total. The number of carbonyl (C=O) groups is 3. The van der Waals surface area contributed by atoms with Crippen molar-refractivity contribution in [2.24, 2.45) is 0 Å². The van der Waals surface area contributed by atoms with Crippen LogP contribution in [0, 0.1) is 0 Å². The second-order valence-electron chi connectivity index (χ2n) is 4.18. The topological polar surface area (TPSA) is 118 Å². The van der Waals surface area contributed by atoms with Crippen LogP contribution in [0.2, 0.25) is 0 Å². The van der Waals surface area contributed by atoms with Crippen molar-refractivity contribution in [3.63, 3.8) is 0 Å². The number of ether oxygens (including phenoxy) is 1. The van der Waals surface area contributed by atoms with Gasteiger partial charge in [0.2, 0.25) is 0 Å². The van der Waals surface area contributed by atoms with Crippen molar-refractivity contribution in [1.29, 1.82) is 0 Å². The molecule has 8 nitrogen and oxygen atoms in total. The summed E-state index contributed by atoms with van der Waals surface area (Å²) in [6.45, 7) is 1.28. The summed E-state index contributed by atoms with van der Waals surface area (Å²) < 4.78 is 35.7. The first kappa shape index (κ1) is 18.8. The Hall–Kier alpha value is -1.26. The monoisotopic (exact) mass is 337 g/mol. The van der Waals surface area contributed by atoms with Crippen molar-refractivity contribution in [3.05, 3.63) is 23.8 Å². The van der Waals surface area contributed by atoms with Crippen molar-refractivity contribution in [3.8, 4) is 0 Å². The van der Waals surface area contributed by atoms with Gasteiger partial charge in [0.15, 0.2) is 0 Å². The van der Waals surface area contributed by atoms with Gasteiger partial charge in [0.05, 0.1) is 22.8 Å².